The SMILES string of the molecule is [CH-]=CC(=O)NNC(C)=O.[CH2-]C.[Y]. The van der Waals surface area contributed by atoms with Gasteiger partial charge in [0.2, 0.25) is 5.91 Å². The van der Waals surface area contributed by atoms with Crippen LogP contribution in [0.1, 0.15) is 13.8 Å². The molecule has 0 atom stereocenters. The molecule has 0 aromatic heterocycles. The smallest absolute Gasteiger partial charge is 0.233 e. The molecule has 0 spiro atoms. The minimum absolute atomic E-state index is 0. The molecule has 0 aliphatic rings. The zero-order valence-corrected chi connectivity index (χ0v) is 10.1. The number of carbonyl (C=O) groups excluding carboxylic acids is 2. The Morgan fingerprint density at radius 3 is 2.00 bits per heavy atom. The molecule has 0 saturated heterocycles. The molecule has 0 aliphatic carbocycles. The molecule has 1 radical (unpaired) electrons. The molecule has 0 rings (SSSR count). The molecule has 5 heteroatoms. The van der Waals surface area contributed by atoms with E-state index in [1.807, 2.05) is 10.9 Å². The summed E-state index contributed by atoms with van der Waals surface area (Å²) < 4.78 is 0. The number of amides is 2. The second kappa shape index (κ2) is 13.4. The number of hydrogen-bond acceptors (Lipinski definition) is 2. The Morgan fingerprint density at radius 2 is 1.75 bits per heavy atom. The Hall–Kier alpha value is -0.216. The first-order valence-electron chi connectivity index (χ1n) is 2.99. The molecule has 0 aromatic carbocycles. The fourth-order valence-electron chi connectivity index (χ4n) is 0.191. The predicted octanol–water partition coefficient (Wildman–Crippen LogP) is -0.0192. The molecule has 2 amide bonds. The molecular weight excluding hydrogens is 233 g/mol. The summed E-state index contributed by atoms with van der Waals surface area (Å²) in [5, 5.41) is 0. The fraction of sp³-hybridized carbons (Fsp3) is 0.286. The number of nitrogens with one attached hydrogen (secondary N) is 2. The van der Waals surface area contributed by atoms with Gasteiger partial charge >= 0.3 is 0 Å². The maximum Gasteiger partial charge on any atom is 0.233 e. The second-order valence-electron chi connectivity index (χ2n) is 1.34. The van der Waals surface area contributed by atoms with Crippen molar-refractivity contribution >= 4 is 11.8 Å². The van der Waals surface area contributed by atoms with Crippen LogP contribution in [0.4, 0.5) is 0 Å². The van der Waals surface area contributed by atoms with Gasteiger partial charge in [0, 0.05) is 39.6 Å². The van der Waals surface area contributed by atoms with E-state index < -0.39 is 5.91 Å². The summed E-state index contributed by atoms with van der Waals surface area (Å²) in [5.41, 5.74) is 4.06. The van der Waals surface area contributed by atoms with Gasteiger partial charge in [-0.2, -0.15) is 13.0 Å². The summed E-state index contributed by atoms with van der Waals surface area (Å²) in [6.07, 6.45) is 0.815. The number of hydrogen-bond donors (Lipinski definition) is 2. The van der Waals surface area contributed by atoms with Crippen molar-refractivity contribution in [2.75, 3.05) is 0 Å². The maximum atomic E-state index is 10.2. The third kappa shape index (κ3) is 16.4. The summed E-state index contributed by atoms with van der Waals surface area (Å²) in [6.45, 7) is 11.0. The van der Waals surface area contributed by atoms with Gasteiger partial charge in [0.25, 0.3) is 0 Å². The molecule has 0 saturated carbocycles. The van der Waals surface area contributed by atoms with Crippen LogP contribution in [0.25, 0.3) is 0 Å². The Bertz CT molecular complexity index is 148. The van der Waals surface area contributed by atoms with Gasteiger partial charge < -0.3 is 17.1 Å². The van der Waals surface area contributed by atoms with Crippen molar-refractivity contribution in [3.63, 3.8) is 0 Å². The van der Waals surface area contributed by atoms with Crippen LogP contribution < -0.4 is 10.9 Å². The van der Waals surface area contributed by atoms with Crippen LogP contribution in [0.2, 0.25) is 0 Å². The zero-order valence-electron chi connectivity index (χ0n) is 7.26. The van der Waals surface area contributed by atoms with E-state index in [2.05, 4.69) is 6.92 Å². The van der Waals surface area contributed by atoms with Crippen molar-refractivity contribution in [2.24, 2.45) is 0 Å². The summed E-state index contributed by atoms with van der Waals surface area (Å²) >= 11 is 0. The topological polar surface area (TPSA) is 58.2 Å². The van der Waals surface area contributed by atoms with Crippen LogP contribution in [0.5, 0.6) is 0 Å². The molecule has 12 heavy (non-hydrogen) atoms. The van der Waals surface area contributed by atoms with E-state index in [1.54, 1.807) is 6.92 Å². The molecule has 67 valence electrons. The van der Waals surface area contributed by atoms with Gasteiger partial charge in [-0.1, -0.05) is 0 Å². The molecule has 0 fully saturated rings. The van der Waals surface area contributed by atoms with Gasteiger partial charge in [0.1, 0.15) is 5.91 Å². The Morgan fingerprint density at radius 1 is 1.33 bits per heavy atom. The normalized spacial score (nSPS) is 6.25. The standard InChI is InChI=1S/C5H7N2O2.C2H5.Y/c1-3-5(9)7-6-4(2)8;1-2;/h1,3H,2H3,(H,6,8)(H,7,9);1H2,2H3;/q2*-1;. The molecular formula is C7H12N2O2Y-2. The van der Waals surface area contributed by atoms with Crippen LogP contribution in [0.15, 0.2) is 6.08 Å². The summed E-state index contributed by atoms with van der Waals surface area (Å²) in [5.74, 6) is -0.879. The van der Waals surface area contributed by atoms with Crippen LogP contribution in [0, 0.1) is 13.5 Å². The molecule has 0 bridgehead atoms. The number of hydrazine groups is 1. The van der Waals surface area contributed by atoms with Gasteiger partial charge in [-0.25, -0.2) is 0 Å². The van der Waals surface area contributed by atoms with Gasteiger partial charge in [-0.15, -0.1) is 0 Å². The first-order valence-corrected chi connectivity index (χ1v) is 2.99. The van der Waals surface area contributed by atoms with Crippen molar-refractivity contribution in [1.29, 1.82) is 0 Å². The maximum absolute atomic E-state index is 10.2. The molecule has 2 N–H and O–H groups in total. The number of rotatable bonds is 1. The van der Waals surface area contributed by atoms with Gasteiger partial charge in [0.15, 0.2) is 0 Å². The van der Waals surface area contributed by atoms with E-state index in [4.69, 9.17) is 6.58 Å². The molecule has 0 unspecified atom stereocenters. The van der Waals surface area contributed by atoms with Crippen LogP contribution in [-0.4, -0.2) is 11.8 Å². The molecule has 4 nitrogen and oxygen atoms in total. The van der Waals surface area contributed by atoms with E-state index in [9.17, 15) is 9.59 Å². The van der Waals surface area contributed by atoms with Crippen LogP contribution in [-0.2, 0) is 42.3 Å². The monoisotopic (exact) mass is 245 g/mol. The average Bonchev–Trinajstić information content (AvgIpc) is 2.04. The van der Waals surface area contributed by atoms with Gasteiger partial charge in [-0.3, -0.25) is 16.8 Å². The molecule has 0 aliphatic heterocycles. The van der Waals surface area contributed by atoms with Crippen molar-refractivity contribution in [2.45, 2.75) is 13.8 Å². The van der Waals surface area contributed by atoms with Gasteiger partial charge in [0.05, 0.1) is 0 Å². The van der Waals surface area contributed by atoms with E-state index in [1.165, 1.54) is 6.92 Å². The third-order valence-electron chi connectivity index (χ3n) is 0.513. The summed E-state index contributed by atoms with van der Waals surface area (Å²) in [7, 11) is 0. The summed E-state index contributed by atoms with van der Waals surface area (Å²) in [4.78, 5) is 20.3. The Kier molecular flexibility index (Phi) is 19.8. The van der Waals surface area contributed by atoms with Crippen molar-refractivity contribution in [3.05, 3.63) is 19.6 Å². The second-order valence-corrected chi connectivity index (χ2v) is 1.34. The molecule has 0 aromatic rings. The largest absolute Gasteiger partial charge is 0.382 e. The third-order valence-corrected chi connectivity index (χ3v) is 0.513. The van der Waals surface area contributed by atoms with Crippen molar-refractivity contribution in [3.8, 4) is 0 Å². The minimum Gasteiger partial charge on any atom is -0.382 e. The van der Waals surface area contributed by atoms with Crippen molar-refractivity contribution < 1.29 is 42.3 Å². The predicted molar refractivity (Wildman–Crippen MR) is 41.9 cm³/mol. The van der Waals surface area contributed by atoms with Crippen LogP contribution >= 0.6 is 0 Å². The minimum atomic E-state index is -0.537. The summed E-state index contributed by atoms with van der Waals surface area (Å²) in [6, 6.07) is 0. The van der Waals surface area contributed by atoms with E-state index in [0.717, 1.165) is 6.08 Å². The van der Waals surface area contributed by atoms with E-state index in [-0.39, 0.29) is 38.6 Å². The molecule has 0 heterocycles. The first-order chi connectivity index (χ1) is 5.16. The van der Waals surface area contributed by atoms with Gasteiger partial charge in [-0.05, 0) is 0 Å². The zero-order chi connectivity index (χ0) is 9.28. The first kappa shape index (κ1) is 17.8. The van der Waals surface area contributed by atoms with Crippen molar-refractivity contribution in [1.82, 2.24) is 10.9 Å². The fourth-order valence-corrected chi connectivity index (χ4v) is 0.191. The quantitative estimate of drug-likeness (QED) is 0.387. The van der Waals surface area contributed by atoms with Crippen LogP contribution in [0.3, 0.4) is 0 Å². The number of carbonyl (C=O) groups is 2. The Balaban J connectivity index is -0.000000249. The van der Waals surface area contributed by atoms with E-state index >= 15 is 0 Å². The average molecular weight is 245 g/mol. The van der Waals surface area contributed by atoms with E-state index in [0.29, 0.717) is 0 Å². The Labute approximate surface area is 98.0 Å².